The van der Waals surface area contributed by atoms with Gasteiger partial charge < -0.3 is 14.6 Å². The number of carbonyl (C=O) groups excluding carboxylic acids is 1. The van der Waals surface area contributed by atoms with Crippen molar-refractivity contribution in [3.05, 3.63) is 47.3 Å². The molecule has 0 atom stereocenters. The fraction of sp³-hybridized carbons (Fsp3) is 0.609. The molecule has 0 amide bonds. The van der Waals surface area contributed by atoms with Crippen LogP contribution in [0.1, 0.15) is 72.0 Å². The quantitative estimate of drug-likeness (QED) is 0.286. The number of esters is 1. The minimum absolute atomic E-state index is 0.225. The summed E-state index contributed by atoms with van der Waals surface area (Å²) in [6.07, 6.45) is 13.2. The van der Waals surface area contributed by atoms with Crippen molar-refractivity contribution in [2.24, 2.45) is 5.41 Å². The molecule has 29 heavy (non-hydrogen) atoms. The smallest absolute Gasteiger partial charge is 0.306 e. The molecule has 0 fully saturated rings. The van der Waals surface area contributed by atoms with E-state index in [0.29, 0.717) is 18.7 Å². The molecule has 1 heterocycles. The Morgan fingerprint density at radius 3 is 2.55 bits per heavy atom. The second-order valence-corrected chi connectivity index (χ2v) is 8.41. The monoisotopic (exact) mass is 403 g/mol. The number of rotatable bonds is 13. The topological polar surface area (TPSA) is 77.2 Å². The van der Waals surface area contributed by atoms with E-state index in [0.717, 1.165) is 38.1 Å². The van der Waals surface area contributed by atoms with E-state index in [2.05, 4.69) is 60.5 Å². The lowest BCUT2D eigenvalue weighted by Gasteiger charge is -2.20. The lowest BCUT2D eigenvalue weighted by Crippen LogP contribution is -2.21. The van der Waals surface area contributed by atoms with E-state index < -0.39 is 0 Å². The van der Waals surface area contributed by atoms with Crippen molar-refractivity contribution >= 4 is 5.97 Å². The Morgan fingerprint density at radius 2 is 1.86 bits per heavy atom. The van der Waals surface area contributed by atoms with E-state index in [4.69, 9.17) is 9.26 Å². The number of allylic oxidation sites excluding steroid dienone is 6. The van der Waals surface area contributed by atoms with Crippen molar-refractivity contribution in [3.8, 4) is 0 Å². The summed E-state index contributed by atoms with van der Waals surface area (Å²) in [6, 6.07) is 0. The second-order valence-electron chi connectivity index (χ2n) is 8.41. The Balaban J connectivity index is 2.24. The molecule has 1 N–H and O–H groups in total. The molecule has 0 unspecified atom stereocenters. The van der Waals surface area contributed by atoms with E-state index in [-0.39, 0.29) is 11.4 Å². The van der Waals surface area contributed by atoms with E-state index in [1.54, 1.807) is 0 Å². The Bertz CT molecular complexity index is 711. The number of hydrogen-bond donors (Lipinski definition) is 1. The molecule has 0 aliphatic rings. The van der Waals surface area contributed by atoms with Gasteiger partial charge in [0.15, 0.2) is 5.82 Å². The summed E-state index contributed by atoms with van der Waals surface area (Å²) < 4.78 is 10.1. The maximum Gasteiger partial charge on any atom is 0.306 e. The van der Waals surface area contributed by atoms with Gasteiger partial charge in [-0.05, 0) is 45.1 Å². The highest BCUT2D eigenvalue weighted by Crippen LogP contribution is 2.25. The molecule has 0 radical (unpaired) electrons. The molecule has 6 heteroatoms. The van der Waals surface area contributed by atoms with Crippen LogP contribution in [0.25, 0.3) is 0 Å². The summed E-state index contributed by atoms with van der Waals surface area (Å²) >= 11 is 0. The van der Waals surface area contributed by atoms with Gasteiger partial charge in [0.1, 0.15) is 0 Å². The summed E-state index contributed by atoms with van der Waals surface area (Å²) in [4.78, 5) is 15.9. The molecule has 1 aromatic rings. The molecular formula is C23H37N3O3. The number of aromatic nitrogens is 2. The van der Waals surface area contributed by atoms with Crippen LogP contribution in [0.15, 0.2) is 40.1 Å². The minimum Gasteiger partial charge on any atom is -0.469 e. The third kappa shape index (κ3) is 11.9. The molecule has 0 aromatic carbocycles. The molecule has 0 aliphatic heterocycles. The molecule has 162 valence electrons. The van der Waals surface area contributed by atoms with Gasteiger partial charge >= 0.3 is 5.97 Å². The fourth-order valence-corrected chi connectivity index (χ4v) is 2.78. The molecule has 1 aromatic heterocycles. The van der Waals surface area contributed by atoms with Gasteiger partial charge in [0, 0.05) is 25.1 Å². The molecule has 1 rings (SSSR count). The van der Waals surface area contributed by atoms with Crippen LogP contribution in [0.4, 0.5) is 0 Å². The van der Waals surface area contributed by atoms with Crippen molar-refractivity contribution < 1.29 is 14.1 Å². The Kier molecular flexibility index (Phi) is 11.0. The maximum absolute atomic E-state index is 11.5. The first-order valence-electron chi connectivity index (χ1n) is 10.3. The number of hydrogen-bond acceptors (Lipinski definition) is 6. The highest BCUT2D eigenvalue weighted by molar-refractivity contribution is 5.69. The summed E-state index contributed by atoms with van der Waals surface area (Å²) in [7, 11) is 1.40. The molecule has 0 saturated carbocycles. The molecule has 6 nitrogen and oxygen atoms in total. The van der Waals surface area contributed by atoms with Gasteiger partial charge in [-0.25, -0.2) is 0 Å². The van der Waals surface area contributed by atoms with Gasteiger partial charge in [0.05, 0.1) is 13.5 Å². The normalized spacial score (nSPS) is 12.3. The molecule has 0 aliphatic carbocycles. The summed E-state index contributed by atoms with van der Waals surface area (Å²) in [5.41, 5.74) is 2.19. The van der Waals surface area contributed by atoms with Crippen LogP contribution in [0.3, 0.4) is 0 Å². The zero-order valence-electron chi connectivity index (χ0n) is 18.9. The van der Waals surface area contributed by atoms with Crippen LogP contribution in [0, 0.1) is 5.41 Å². The number of nitrogens with one attached hydrogen (secondary N) is 1. The Labute approximate surface area is 175 Å². The average molecular weight is 404 g/mol. The van der Waals surface area contributed by atoms with Gasteiger partial charge in [-0.3, -0.25) is 4.79 Å². The number of unbranched alkanes of at least 4 members (excludes halogenated alkanes) is 2. The van der Waals surface area contributed by atoms with Crippen LogP contribution in [0.2, 0.25) is 0 Å². The van der Waals surface area contributed by atoms with Gasteiger partial charge in [-0.1, -0.05) is 49.2 Å². The SMILES string of the molecule is COC(=O)CC(C)(C)Cc1nc(CCCCCN/C(C)=C/C=C\C=C(C)C)no1. The largest absolute Gasteiger partial charge is 0.469 e. The molecule has 0 bridgehead atoms. The Hall–Kier alpha value is -2.37. The highest BCUT2D eigenvalue weighted by Gasteiger charge is 2.26. The first kappa shape index (κ1) is 24.7. The predicted molar refractivity (Wildman–Crippen MR) is 116 cm³/mol. The third-order valence-electron chi connectivity index (χ3n) is 4.36. The standard InChI is InChI=1S/C23H37N3O3/c1-18(2)12-9-10-13-19(3)24-15-11-7-8-14-20-25-21(29-26-20)16-23(4,5)17-22(27)28-6/h9-10,12-13,24H,7-8,11,14-17H2,1-6H3/b10-9-,19-13+. The average Bonchev–Trinajstić information content (AvgIpc) is 3.07. The van der Waals surface area contributed by atoms with Crippen molar-refractivity contribution in [2.75, 3.05) is 13.7 Å². The number of methoxy groups -OCH3 is 1. The van der Waals surface area contributed by atoms with E-state index in [9.17, 15) is 4.79 Å². The summed E-state index contributed by atoms with van der Waals surface area (Å²) in [5.74, 6) is 1.09. The maximum atomic E-state index is 11.5. The summed E-state index contributed by atoms with van der Waals surface area (Å²) in [6.45, 7) is 11.2. The van der Waals surface area contributed by atoms with Crippen LogP contribution in [0.5, 0.6) is 0 Å². The van der Waals surface area contributed by atoms with Gasteiger partial charge in [0.2, 0.25) is 5.89 Å². The number of nitrogens with zero attached hydrogens (tertiary/aromatic N) is 2. The first-order valence-corrected chi connectivity index (χ1v) is 10.3. The number of carbonyl (C=O) groups is 1. The van der Waals surface area contributed by atoms with E-state index >= 15 is 0 Å². The van der Waals surface area contributed by atoms with Gasteiger partial charge in [-0.2, -0.15) is 4.98 Å². The lowest BCUT2D eigenvalue weighted by molar-refractivity contribution is -0.142. The second kappa shape index (κ2) is 13.0. The Morgan fingerprint density at radius 1 is 1.14 bits per heavy atom. The first-order chi connectivity index (χ1) is 13.7. The molecule has 0 saturated heterocycles. The zero-order chi connectivity index (χ0) is 21.7. The van der Waals surface area contributed by atoms with Crippen LogP contribution >= 0.6 is 0 Å². The van der Waals surface area contributed by atoms with Crippen molar-refractivity contribution in [3.63, 3.8) is 0 Å². The minimum atomic E-state index is -0.269. The predicted octanol–water partition coefficient (Wildman–Crippen LogP) is 4.93. The van der Waals surface area contributed by atoms with Crippen molar-refractivity contribution in [1.29, 1.82) is 0 Å². The van der Waals surface area contributed by atoms with Gasteiger partial charge in [-0.15, -0.1) is 0 Å². The fourth-order valence-electron chi connectivity index (χ4n) is 2.78. The third-order valence-corrected chi connectivity index (χ3v) is 4.36. The lowest BCUT2D eigenvalue weighted by atomic mass is 9.86. The van der Waals surface area contributed by atoms with E-state index in [1.165, 1.54) is 18.4 Å². The van der Waals surface area contributed by atoms with Crippen LogP contribution in [-0.4, -0.2) is 29.8 Å². The molecule has 0 spiro atoms. The van der Waals surface area contributed by atoms with Crippen molar-refractivity contribution in [1.82, 2.24) is 15.5 Å². The highest BCUT2D eigenvalue weighted by atomic mass is 16.5. The van der Waals surface area contributed by atoms with Gasteiger partial charge in [0.25, 0.3) is 0 Å². The number of aryl methyl sites for hydroxylation is 1. The van der Waals surface area contributed by atoms with E-state index in [1.807, 2.05) is 13.8 Å². The summed E-state index contributed by atoms with van der Waals surface area (Å²) in [5, 5.41) is 7.48. The zero-order valence-corrected chi connectivity index (χ0v) is 18.9. The molecular weight excluding hydrogens is 366 g/mol. The van der Waals surface area contributed by atoms with Crippen LogP contribution in [-0.2, 0) is 22.4 Å². The number of ether oxygens (including phenoxy) is 1. The van der Waals surface area contributed by atoms with Crippen molar-refractivity contribution in [2.45, 2.75) is 73.1 Å². The van der Waals surface area contributed by atoms with Crippen LogP contribution < -0.4 is 5.32 Å².